The highest BCUT2D eigenvalue weighted by molar-refractivity contribution is 6.03. The molecule has 30 heavy (non-hydrogen) atoms. The van der Waals surface area contributed by atoms with Gasteiger partial charge >= 0.3 is 0 Å². The van der Waals surface area contributed by atoms with Gasteiger partial charge in [0.2, 0.25) is 11.9 Å². The minimum absolute atomic E-state index is 0.0582. The first-order valence-corrected chi connectivity index (χ1v) is 9.95. The molecule has 8 heteroatoms. The summed E-state index contributed by atoms with van der Waals surface area (Å²) in [7, 11) is 1.86. The smallest absolute Gasteiger partial charge is 0.246 e. The number of amides is 1. The van der Waals surface area contributed by atoms with Crippen molar-refractivity contribution in [3.8, 4) is 18.1 Å². The number of hydrogen-bond acceptors (Lipinski definition) is 7. The van der Waals surface area contributed by atoms with Gasteiger partial charge in [0.1, 0.15) is 24.1 Å². The maximum atomic E-state index is 12.0. The predicted octanol–water partition coefficient (Wildman–Crippen LogP) is 1.89. The molecule has 2 aliphatic rings. The van der Waals surface area contributed by atoms with E-state index in [-0.39, 0.29) is 18.0 Å². The van der Waals surface area contributed by atoms with Crippen molar-refractivity contribution in [1.82, 2.24) is 9.97 Å². The number of ether oxygens (including phenoxy) is 1. The number of likely N-dealkylation sites (N-methyl/N-ethyl adjacent to an activating group) is 1. The Hall–Kier alpha value is -3.31. The van der Waals surface area contributed by atoms with Crippen molar-refractivity contribution in [3.63, 3.8) is 0 Å². The fourth-order valence-electron chi connectivity index (χ4n) is 3.84. The van der Waals surface area contributed by atoms with Crippen LogP contribution < -0.4 is 26.0 Å². The monoisotopic (exact) mass is 406 g/mol. The summed E-state index contributed by atoms with van der Waals surface area (Å²) in [5.74, 6) is 4.52. The van der Waals surface area contributed by atoms with E-state index in [4.69, 9.17) is 16.9 Å². The van der Waals surface area contributed by atoms with Crippen LogP contribution in [0.4, 0.5) is 17.5 Å². The molecule has 4 N–H and O–H groups in total. The number of hydrogen-bond donors (Lipinski definition) is 3. The van der Waals surface area contributed by atoms with Crippen LogP contribution in [0.2, 0.25) is 0 Å². The minimum atomic E-state index is -0.410. The number of anilines is 3. The first-order valence-electron chi connectivity index (χ1n) is 9.95. The van der Waals surface area contributed by atoms with Gasteiger partial charge in [-0.15, -0.1) is 6.42 Å². The van der Waals surface area contributed by atoms with Gasteiger partial charge in [-0.3, -0.25) is 4.79 Å². The number of rotatable bonds is 5. The minimum Gasteiger partial charge on any atom is -0.492 e. The van der Waals surface area contributed by atoms with Crippen LogP contribution in [-0.2, 0) is 4.79 Å². The molecule has 0 bridgehead atoms. The highest BCUT2D eigenvalue weighted by Crippen LogP contribution is 2.35. The third-order valence-electron chi connectivity index (χ3n) is 5.78. The summed E-state index contributed by atoms with van der Waals surface area (Å²) in [6.45, 7) is 4.12. The number of aryl methyl sites for hydroxylation is 1. The Morgan fingerprint density at radius 3 is 2.93 bits per heavy atom. The van der Waals surface area contributed by atoms with E-state index in [1.54, 1.807) is 0 Å². The second-order valence-electron chi connectivity index (χ2n) is 8.18. The lowest BCUT2D eigenvalue weighted by Crippen LogP contribution is -2.60. The predicted molar refractivity (Wildman–Crippen MR) is 117 cm³/mol. The van der Waals surface area contributed by atoms with E-state index in [0.29, 0.717) is 24.1 Å². The van der Waals surface area contributed by atoms with Crippen molar-refractivity contribution in [2.45, 2.75) is 44.3 Å². The van der Waals surface area contributed by atoms with Gasteiger partial charge in [-0.1, -0.05) is 12.0 Å². The largest absolute Gasteiger partial charge is 0.492 e. The van der Waals surface area contributed by atoms with Crippen molar-refractivity contribution in [2.24, 2.45) is 5.73 Å². The van der Waals surface area contributed by atoms with Gasteiger partial charge in [-0.25, -0.2) is 4.98 Å². The maximum absolute atomic E-state index is 12.0. The van der Waals surface area contributed by atoms with Crippen LogP contribution in [0.25, 0.3) is 0 Å². The second kappa shape index (κ2) is 7.50. The summed E-state index contributed by atoms with van der Waals surface area (Å²) in [6.07, 6.45) is 6.91. The van der Waals surface area contributed by atoms with E-state index in [2.05, 4.69) is 26.5 Å². The Morgan fingerprint density at radius 1 is 1.43 bits per heavy atom. The molecule has 1 aromatic heterocycles. The van der Waals surface area contributed by atoms with E-state index in [1.165, 1.54) is 0 Å². The summed E-state index contributed by atoms with van der Waals surface area (Å²) in [4.78, 5) is 23.0. The van der Waals surface area contributed by atoms with Crippen molar-refractivity contribution in [3.05, 3.63) is 35.5 Å². The van der Waals surface area contributed by atoms with E-state index >= 15 is 0 Å². The van der Waals surface area contributed by atoms with Gasteiger partial charge in [0.05, 0.1) is 11.2 Å². The third-order valence-corrected chi connectivity index (χ3v) is 5.78. The SMILES string of the molecule is C#Cc1cccc(OCC2(N)CC(Nc3nc(C)c4c(n3)N(C)[C@@H](C)C(=O)N4)C2)c1. The molecular weight excluding hydrogens is 380 g/mol. The number of carbonyl (C=O) groups excluding carboxylic acids is 1. The fraction of sp³-hybridized carbons (Fsp3) is 0.409. The Morgan fingerprint density at radius 2 is 2.20 bits per heavy atom. The lowest BCUT2D eigenvalue weighted by molar-refractivity contribution is -0.117. The van der Waals surface area contributed by atoms with Gasteiger partial charge < -0.3 is 26.0 Å². The van der Waals surface area contributed by atoms with Gasteiger partial charge in [-0.05, 0) is 44.9 Å². The average molecular weight is 406 g/mol. The molecule has 1 atom stereocenters. The van der Waals surface area contributed by atoms with E-state index in [0.717, 1.165) is 29.8 Å². The third kappa shape index (κ3) is 3.76. The number of terminal acetylenes is 1. The molecular formula is C22H26N6O2. The standard InChI is InChI=1S/C22H26N6O2/c1-5-15-7-6-8-17(9-15)30-12-22(23)10-16(11-22)25-21-24-13(2)18-19(27-21)28(4)14(3)20(29)26-18/h1,6-9,14,16H,10-12,23H2,2-4H3,(H,26,29)(H,24,25,27)/t14-,16?,22?/m0/s1. The number of fused-ring (bicyclic) bond motifs is 1. The lowest BCUT2D eigenvalue weighted by atomic mass is 9.74. The van der Waals surface area contributed by atoms with Crippen LogP contribution in [-0.4, -0.2) is 47.2 Å². The van der Waals surface area contributed by atoms with Crippen LogP contribution in [0.5, 0.6) is 5.75 Å². The average Bonchev–Trinajstić information content (AvgIpc) is 2.71. The van der Waals surface area contributed by atoms with Crippen molar-refractivity contribution < 1.29 is 9.53 Å². The molecule has 1 aliphatic heterocycles. The Bertz CT molecular complexity index is 1020. The summed E-state index contributed by atoms with van der Waals surface area (Å²) in [5.41, 5.74) is 8.22. The molecule has 156 valence electrons. The molecule has 2 heterocycles. The Labute approximate surface area is 176 Å². The van der Waals surface area contributed by atoms with Crippen LogP contribution in [0.1, 0.15) is 31.0 Å². The maximum Gasteiger partial charge on any atom is 0.246 e. The molecule has 1 aliphatic carbocycles. The van der Waals surface area contributed by atoms with E-state index < -0.39 is 5.54 Å². The molecule has 1 saturated carbocycles. The topological polar surface area (TPSA) is 105 Å². The highest BCUT2D eigenvalue weighted by Gasteiger charge is 2.42. The van der Waals surface area contributed by atoms with Gasteiger partial charge in [0, 0.05) is 18.7 Å². The Balaban J connectivity index is 1.37. The molecule has 0 saturated heterocycles. The number of nitrogens with two attached hydrogens (primary N) is 1. The molecule has 1 fully saturated rings. The number of carbonyl (C=O) groups is 1. The summed E-state index contributed by atoms with van der Waals surface area (Å²) >= 11 is 0. The quantitative estimate of drug-likeness (QED) is 0.651. The van der Waals surface area contributed by atoms with Gasteiger partial charge in [0.25, 0.3) is 0 Å². The van der Waals surface area contributed by atoms with Crippen molar-refractivity contribution in [1.29, 1.82) is 0 Å². The fourth-order valence-corrected chi connectivity index (χ4v) is 3.84. The molecule has 2 aromatic rings. The van der Waals surface area contributed by atoms with Crippen molar-refractivity contribution >= 4 is 23.4 Å². The second-order valence-corrected chi connectivity index (χ2v) is 8.18. The van der Waals surface area contributed by atoms with Crippen molar-refractivity contribution in [2.75, 3.05) is 29.2 Å². The lowest BCUT2D eigenvalue weighted by Gasteiger charge is -2.44. The van der Waals surface area contributed by atoms with Crippen LogP contribution in [0, 0.1) is 19.3 Å². The Kier molecular flexibility index (Phi) is 5.00. The molecule has 4 rings (SSSR count). The molecule has 0 spiro atoms. The molecule has 1 aromatic carbocycles. The van der Waals surface area contributed by atoms with Gasteiger partial charge in [0.15, 0.2) is 5.82 Å². The van der Waals surface area contributed by atoms with E-state index in [1.807, 2.05) is 50.1 Å². The summed E-state index contributed by atoms with van der Waals surface area (Å²) < 4.78 is 5.86. The normalized spacial score (nSPS) is 24.9. The number of nitrogens with one attached hydrogen (secondary N) is 2. The molecule has 8 nitrogen and oxygen atoms in total. The first kappa shape index (κ1) is 20.0. The zero-order chi connectivity index (χ0) is 21.5. The number of aromatic nitrogens is 2. The summed E-state index contributed by atoms with van der Waals surface area (Å²) in [6, 6.07) is 7.31. The van der Waals surface area contributed by atoms with Crippen LogP contribution in [0.3, 0.4) is 0 Å². The molecule has 0 radical (unpaired) electrons. The van der Waals surface area contributed by atoms with E-state index in [9.17, 15) is 4.79 Å². The molecule has 1 amide bonds. The molecule has 0 unspecified atom stereocenters. The van der Waals surface area contributed by atoms with Gasteiger partial charge in [-0.2, -0.15) is 4.98 Å². The zero-order valence-electron chi connectivity index (χ0n) is 17.4. The number of benzene rings is 1. The van der Waals surface area contributed by atoms with Crippen LogP contribution >= 0.6 is 0 Å². The number of nitrogens with zero attached hydrogens (tertiary/aromatic N) is 3. The summed E-state index contributed by atoms with van der Waals surface area (Å²) in [5, 5.41) is 6.25. The zero-order valence-corrected chi connectivity index (χ0v) is 17.4. The van der Waals surface area contributed by atoms with Crippen LogP contribution in [0.15, 0.2) is 24.3 Å². The first-order chi connectivity index (χ1) is 14.3. The highest BCUT2D eigenvalue weighted by atomic mass is 16.5.